The van der Waals surface area contributed by atoms with E-state index in [1.807, 2.05) is 0 Å². The van der Waals surface area contributed by atoms with Crippen LogP contribution in [0.15, 0.2) is 4.99 Å². The van der Waals surface area contributed by atoms with Crippen molar-refractivity contribution in [1.29, 1.82) is 0 Å². The summed E-state index contributed by atoms with van der Waals surface area (Å²) in [4.78, 5) is 14.1. The zero-order valence-corrected chi connectivity index (χ0v) is 6.84. The Morgan fingerprint density at radius 3 is 2.82 bits per heavy atom. The molecule has 3 atom stereocenters. The maximum Gasteiger partial charge on any atom is 0.235 e. The van der Waals surface area contributed by atoms with Gasteiger partial charge in [0, 0.05) is 0 Å². The van der Waals surface area contributed by atoms with Gasteiger partial charge in [0.05, 0.1) is 5.54 Å². The predicted molar refractivity (Wildman–Crippen MR) is 42.0 cm³/mol. The minimum absolute atomic E-state index is 0.0370. The lowest BCUT2D eigenvalue weighted by Gasteiger charge is -2.27. The Hall–Kier alpha value is -0.620. The Balaban J connectivity index is 2.22. The van der Waals surface area contributed by atoms with Crippen LogP contribution in [0.3, 0.4) is 0 Å². The number of rotatable bonds is 1. The summed E-state index contributed by atoms with van der Waals surface area (Å²) in [6.45, 7) is 2.10. The smallest absolute Gasteiger partial charge is 0.211 e. The lowest BCUT2D eigenvalue weighted by atomic mass is 9.83. The first kappa shape index (κ1) is 7.05. The summed E-state index contributed by atoms with van der Waals surface area (Å²) in [5.74, 6) is 1.52. The van der Waals surface area contributed by atoms with Crippen molar-refractivity contribution in [2.75, 3.05) is 0 Å². The molecule has 0 heterocycles. The van der Waals surface area contributed by atoms with Crippen molar-refractivity contribution in [2.24, 2.45) is 16.8 Å². The van der Waals surface area contributed by atoms with Crippen LogP contribution in [0.4, 0.5) is 0 Å². The molecule has 11 heavy (non-hydrogen) atoms. The first-order chi connectivity index (χ1) is 5.24. The minimum Gasteiger partial charge on any atom is -0.211 e. The number of hydrogen-bond donors (Lipinski definition) is 0. The van der Waals surface area contributed by atoms with Gasteiger partial charge in [-0.25, -0.2) is 4.79 Å². The summed E-state index contributed by atoms with van der Waals surface area (Å²) in [6, 6.07) is 0. The molecule has 0 spiro atoms. The SMILES string of the molecule is CC1(N=C=O)CC2CCC1C2. The van der Waals surface area contributed by atoms with Crippen LogP contribution in [0.1, 0.15) is 32.6 Å². The van der Waals surface area contributed by atoms with Crippen LogP contribution in [0.2, 0.25) is 0 Å². The molecule has 0 saturated heterocycles. The molecule has 3 unspecified atom stereocenters. The molecule has 2 rings (SSSR count). The summed E-state index contributed by atoms with van der Waals surface area (Å²) in [7, 11) is 0. The van der Waals surface area contributed by atoms with Crippen molar-refractivity contribution in [1.82, 2.24) is 0 Å². The molecule has 0 aromatic rings. The molecule has 2 aliphatic rings. The van der Waals surface area contributed by atoms with E-state index in [0.29, 0.717) is 5.92 Å². The van der Waals surface area contributed by atoms with Gasteiger partial charge in [0.1, 0.15) is 0 Å². The van der Waals surface area contributed by atoms with Gasteiger partial charge in [-0.05, 0) is 44.4 Å². The van der Waals surface area contributed by atoms with Crippen LogP contribution in [0.5, 0.6) is 0 Å². The fraction of sp³-hybridized carbons (Fsp3) is 0.889. The van der Waals surface area contributed by atoms with E-state index in [-0.39, 0.29) is 5.54 Å². The molecular weight excluding hydrogens is 138 g/mol. The molecule has 2 heteroatoms. The molecule has 60 valence electrons. The third-order valence-electron chi connectivity index (χ3n) is 3.42. The van der Waals surface area contributed by atoms with Crippen LogP contribution < -0.4 is 0 Å². The largest absolute Gasteiger partial charge is 0.235 e. The van der Waals surface area contributed by atoms with Crippen LogP contribution in [-0.2, 0) is 4.79 Å². The Bertz CT molecular complexity index is 220. The molecule has 2 aliphatic carbocycles. The van der Waals surface area contributed by atoms with E-state index in [2.05, 4.69) is 11.9 Å². The Labute approximate surface area is 66.7 Å². The van der Waals surface area contributed by atoms with Crippen molar-refractivity contribution in [3.63, 3.8) is 0 Å². The highest BCUT2D eigenvalue weighted by molar-refractivity contribution is 5.35. The topological polar surface area (TPSA) is 29.4 Å². The highest BCUT2D eigenvalue weighted by Gasteiger charge is 2.48. The van der Waals surface area contributed by atoms with Crippen LogP contribution in [0.25, 0.3) is 0 Å². The lowest BCUT2D eigenvalue weighted by molar-refractivity contribution is 0.299. The number of carbonyl (C=O) groups excluding carboxylic acids is 1. The van der Waals surface area contributed by atoms with Crippen LogP contribution in [-0.4, -0.2) is 11.6 Å². The fourth-order valence-corrected chi connectivity index (χ4v) is 2.82. The van der Waals surface area contributed by atoms with Crippen LogP contribution >= 0.6 is 0 Å². The van der Waals surface area contributed by atoms with Gasteiger partial charge in [-0.2, -0.15) is 4.99 Å². The summed E-state index contributed by atoms with van der Waals surface area (Å²) in [5, 5.41) is 0. The minimum atomic E-state index is -0.0370. The van der Waals surface area contributed by atoms with E-state index in [4.69, 9.17) is 0 Å². The number of aliphatic imine (C=N–C) groups is 1. The molecule has 0 radical (unpaired) electrons. The monoisotopic (exact) mass is 151 g/mol. The number of fused-ring (bicyclic) bond motifs is 2. The fourth-order valence-electron chi connectivity index (χ4n) is 2.82. The molecule has 0 aromatic carbocycles. The standard InChI is InChI=1S/C9H13NO/c1-9(10-6-11)5-7-2-3-8(9)4-7/h7-8H,2-5H2,1H3. The van der Waals surface area contributed by atoms with E-state index in [1.54, 1.807) is 6.08 Å². The summed E-state index contributed by atoms with van der Waals surface area (Å²) in [6.07, 6.45) is 6.75. The maximum absolute atomic E-state index is 10.2. The molecule has 2 nitrogen and oxygen atoms in total. The zero-order chi connectivity index (χ0) is 7.90. The molecule has 2 saturated carbocycles. The third-order valence-corrected chi connectivity index (χ3v) is 3.42. The first-order valence-electron chi connectivity index (χ1n) is 4.33. The number of nitrogens with zero attached hydrogens (tertiary/aromatic N) is 1. The maximum atomic E-state index is 10.2. The molecule has 2 fully saturated rings. The van der Waals surface area contributed by atoms with E-state index in [1.165, 1.54) is 19.3 Å². The average molecular weight is 151 g/mol. The number of hydrogen-bond acceptors (Lipinski definition) is 2. The van der Waals surface area contributed by atoms with Gasteiger partial charge in [0.2, 0.25) is 6.08 Å². The lowest BCUT2D eigenvalue weighted by Crippen LogP contribution is -2.28. The van der Waals surface area contributed by atoms with Crippen molar-refractivity contribution < 1.29 is 4.79 Å². The average Bonchev–Trinajstić information content (AvgIpc) is 2.45. The van der Waals surface area contributed by atoms with E-state index >= 15 is 0 Å². The molecule has 2 bridgehead atoms. The van der Waals surface area contributed by atoms with Gasteiger partial charge in [0.25, 0.3) is 0 Å². The molecule has 0 aliphatic heterocycles. The summed E-state index contributed by atoms with van der Waals surface area (Å²) >= 11 is 0. The Morgan fingerprint density at radius 1 is 1.55 bits per heavy atom. The molecular formula is C9H13NO. The zero-order valence-electron chi connectivity index (χ0n) is 6.84. The molecule has 0 amide bonds. The summed E-state index contributed by atoms with van der Waals surface area (Å²) in [5.41, 5.74) is -0.0370. The Kier molecular flexibility index (Phi) is 1.40. The molecule has 0 N–H and O–H groups in total. The van der Waals surface area contributed by atoms with E-state index < -0.39 is 0 Å². The Morgan fingerprint density at radius 2 is 2.36 bits per heavy atom. The quantitative estimate of drug-likeness (QED) is 0.415. The van der Waals surface area contributed by atoms with Gasteiger partial charge in [0.15, 0.2) is 0 Å². The molecule has 0 aromatic heterocycles. The van der Waals surface area contributed by atoms with Gasteiger partial charge >= 0.3 is 0 Å². The second-order valence-corrected chi connectivity index (χ2v) is 4.14. The predicted octanol–water partition coefficient (Wildman–Crippen LogP) is 1.90. The summed E-state index contributed by atoms with van der Waals surface area (Å²) < 4.78 is 0. The van der Waals surface area contributed by atoms with Crippen molar-refractivity contribution in [3.05, 3.63) is 0 Å². The highest BCUT2D eigenvalue weighted by atomic mass is 16.1. The van der Waals surface area contributed by atoms with Crippen LogP contribution in [0, 0.1) is 11.8 Å². The van der Waals surface area contributed by atoms with Crippen molar-refractivity contribution in [3.8, 4) is 0 Å². The van der Waals surface area contributed by atoms with Gasteiger partial charge in [-0.1, -0.05) is 0 Å². The van der Waals surface area contributed by atoms with Gasteiger partial charge < -0.3 is 0 Å². The van der Waals surface area contributed by atoms with Crippen molar-refractivity contribution in [2.45, 2.75) is 38.1 Å². The van der Waals surface area contributed by atoms with Crippen molar-refractivity contribution >= 4 is 6.08 Å². The normalized spacial score (nSPS) is 47.4. The second kappa shape index (κ2) is 2.18. The highest BCUT2D eigenvalue weighted by Crippen LogP contribution is 2.52. The number of isocyanates is 1. The first-order valence-corrected chi connectivity index (χ1v) is 4.33. The van der Waals surface area contributed by atoms with Gasteiger partial charge in [-0.15, -0.1) is 0 Å². The van der Waals surface area contributed by atoms with Gasteiger partial charge in [-0.3, -0.25) is 0 Å². The van der Waals surface area contributed by atoms with E-state index in [9.17, 15) is 4.79 Å². The second-order valence-electron chi connectivity index (χ2n) is 4.14. The van der Waals surface area contributed by atoms with E-state index in [0.717, 1.165) is 12.3 Å². The third kappa shape index (κ3) is 0.935.